The predicted molar refractivity (Wildman–Crippen MR) is 59.1 cm³/mol. The van der Waals surface area contributed by atoms with Crippen LogP contribution in [0.15, 0.2) is 0 Å². The highest BCUT2D eigenvalue weighted by Gasteiger charge is 2.34. The molecule has 0 bridgehead atoms. The second kappa shape index (κ2) is 7.73. The third-order valence-corrected chi connectivity index (χ3v) is 2.34. The van der Waals surface area contributed by atoms with Crippen LogP contribution in [0, 0.1) is 0 Å². The average Bonchev–Trinajstić information content (AvgIpc) is 2.28. The average molecular weight is 234 g/mol. The molecule has 0 atom stereocenters. The first-order valence-electron chi connectivity index (χ1n) is 5.40. The summed E-state index contributed by atoms with van der Waals surface area (Å²) in [6.07, 6.45) is -0.424. The highest BCUT2D eigenvalue weighted by atomic mass is 16.7. The molecule has 5 nitrogen and oxygen atoms in total. The predicted octanol–water partition coefficient (Wildman–Crippen LogP) is 1.35. The Hall–Kier alpha value is -0.490. The van der Waals surface area contributed by atoms with Crippen LogP contribution < -0.4 is 0 Å². The molecule has 0 aliphatic rings. The van der Waals surface area contributed by atoms with Gasteiger partial charge in [-0.05, 0) is 20.8 Å². The number of carbonyl (C=O) groups excluding carboxylic acids is 1. The van der Waals surface area contributed by atoms with Crippen molar-refractivity contribution in [3.63, 3.8) is 0 Å². The van der Waals surface area contributed by atoms with E-state index in [1.54, 1.807) is 6.92 Å². The minimum absolute atomic E-state index is 0.111. The molecule has 0 aromatic heterocycles. The maximum atomic E-state index is 11.9. The molecule has 0 saturated heterocycles. The van der Waals surface area contributed by atoms with E-state index in [1.165, 1.54) is 14.2 Å². The van der Waals surface area contributed by atoms with E-state index in [0.29, 0.717) is 13.2 Å². The van der Waals surface area contributed by atoms with E-state index in [2.05, 4.69) is 0 Å². The van der Waals surface area contributed by atoms with Crippen LogP contribution in [0.5, 0.6) is 0 Å². The standard InChI is InChI=1S/C11H22O5/c1-6-15-10(16-7-2)8-9(12)11(3,13-4)14-5/h10H,6-8H2,1-5H3. The van der Waals surface area contributed by atoms with Gasteiger partial charge in [0.2, 0.25) is 5.79 Å². The number of ether oxygens (including phenoxy) is 4. The quantitative estimate of drug-likeness (QED) is 0.564. The Morgan fingerprint density at radius 2 is 1.56 bits per heavy atom. The number of hydrogen-bond acceptors (Lipinski definition) is 5. The normalized spacial score (nSPS) is 12.1. The second-order valence-electron chi connectivity index (χ2n) is 3.32. The van der Waals surface area contributed by atoms with Gasteiger partial charge in [-0.25, -0.2) is 0 Å². The lowest BCUT2D eigenvalue weighted by Gasteiger charge is -2.26. The van der Waals surface area contributed by atoms with Gasteiger partial charge >= 0.3 is 0 Å². The molecule has 0 aromatic rings. The largest absolute Gasteiger partial charge is 0.352 e. The first-order valence-corrected chi connectivity index (χ1v) is 5.40. The summed E-state index contributed by atoms with van der Waals surface area (Å²) in [5.74, 6) is -1.43. The zero-order valence-electron chi connectivity index (χ0n) is 10.7. The minimum atomic E-state index is -1.23. The Morgan fingerprint density at radius 1 is 1.12 bits per heavy atom. The number of ketones is 1. The van der Waals surface area contributed by atoms with Gasteiger partial charge in [-0.2, -0.15) is 0 Å². The lowest BCUT2D eigenvalue weighted by atomic mass is 10.1. The number of carbonyl (C=O) groups is 1. The Labute approximate surface area is 97.0 Å². The molecule has 0 amide bonds. The van der Waals surface area contributed by atoms with Gasteiger partial charge in [-0.1, -0.05) is 0 Å². The number of rotatable bonds is 9. The van der Waals surface area contributed by atoms with Crippen LogP contribution in [0.25, 0.3) is 0 Å². The summed E-state index contributed by atoms with van der Waals surface area (Å²) >= 11 is 0. The highest BCUT2D eigenvalue weighted by molar-refractivity contribution is 5.85. The van der Waals surface area contributed by atoms with E-state index >= 15 is 0 Å². The molecule has 0 heterocycles. The molecule has 96 valence electrons. The van der Waals surface area contributed by atoms with E-state index in [9.17, 15) is 4.79 Å². The van der Waals surface area contributed by atoms with Crippen LogP contribution in [0.4, 0.5) is 0 Å². The van der Waals surface area contributed by atoms with Crippen molar-refractivity contribution in [2.45, 2.75) is 39.3 Å². The summed E-state index contributed by atoms with van der Waals surface area (Å²) in [5, 5.41) is 0. The third kappa shape index (κ3) is 4.57. The Morgan fingerprint density at radius 3 is 1.88 bits per heavy atom. The van der Waals surface area contributed by atoms with Crippen molar-refractivity contribution in [1.82, 2.24) is 0 Å². The minimum Gasteiger partial charge on any atom is -0.352 e. The van der Waals surface area contributed by atoms with Crippen LogP contribution >= 0.6 is 0 Å². The summed E-state index contributed by atoms with van der Waals surface area (Å²) in [4.78, 5) is 11.9. The first kappa shape index (κ1) is 15.5. The molecule has 0 aliphatic heterocycles. The van der Waals surface area contributed by atoms with E-state index in [1.807, 2.05) is 13.8 Å². The highest BCUT2D eigenvalue weighted by Crippen LogP contribution is 2.16. The smallest absolute Gasteiger partial charge is 0.225 e. The fourth-order valence-electron chi connectivity index (χ4n) is 1.19. The topological polar surface area (TPSA) is 54.0 Å². The molecule has 0 rings (SSSR count). The molecule has 5 heteroatoms. The van der Waals surface area contributed by atoms with Gasteiger partial charge in [-0.15, -0.1) is 0 Å². The van der Waals surface area contributed by atoms with E-state index in [0.717, 1.165) is 0 Å². The van der Waals surface area contributed by atoms with Crippen molar-refractivity contribution in [2.75, 3.05) is 27.4 Å². The van der Waals surface area contributed by atoms with Crippen molar-refractivity contribution in [1.29, 1.82) is 0 Å². The van der Waals surface area contributed by atoms with Gasteiger partial charge in [0.1, 0.15) is 0 Å². The van der Waals surface area contributed by atoms with Gasteiger partial charge in [0, 0.05) is 27.4 Å². The van der Waals surface area contributed by atoms with Crippen LogP contribution in [0.2, 0.25) is 0 Å². The summed E-state index contributed by atoms with van der Waals surface area (Å²) < 4.78 is 20.6. The molecule has 0 aromatic carbocycles. The summed E-state index contributed by atoms with van der Waals surface area (Å²) in [5.41, 5.74) is 0. The second-order valence-corrected chi connectivity index (χ2v) is 3.32. The van der Waals surface area contributed by atoms with Crippen LogP contribution in [0.3, 0.4) is 0 Å². The summed E-state index contributed by atoms with van der Waals surface area (Å²) in [6, 6.07) is 0. The lowest BCUT2D eigenvalue weighted by molar-refractivity contribution is -0.208. The number of methoxy groups -OCH3 is 2. The van der Waals surface area contributed by atoms with E-state index < -0.39 is 12.1 Å². The van der Waals surface area contributed by atoms with Crippen LogP contribution in [-0.4, -0.2) is 45.3 Å². The number of hydrogen-bond donors (Lipinski definition) is 0. The Kier molecular flexibility index (Phi) is 7.49. The van der Waals surface area contributed by atoms with E-state index in [-0.39, 0.29) is 12.2 Å². The molecule has 0 saturated carbocycles. The fourth-order valence-corrected chi connectivity index (χ4v) is 1.19. The molecule has 0 aliphatic carbocycles. The van der Waals surface area contributed by atoms with Crippen molar-refractivity contribution in [2.24, 2.45) is 0 Å². The molecule has 0 unspecified atom stereocenters. The van der Waals surface area contributed by atoms with Gasteiger partial charge in [0.05, 0.1) is 6.42 Å². The Balaban J connectivity index is 4.37. The van der Waals surface area contributed by atoms with Gasteiger partial charge in [-0.3, -0.25) is 4.79 Å². The maximum Gasteiger partial charge on any atom is 0.225 e. The van der Waals surface area contributed by atoms with Gasteiger partial charge < -0.3 is 18.9 Å². The molecular formula is C11H22O5. The van der Waals surface area contributed by atoms with Crippen molar-refractivity contribution in [3.8, 4) is 0 Å². The molecule has 0 spiro atoms. The molecular weight excluding hydrogens is 212 g/mol. The fraction of sp³-hybridized carbons (Fsp3) is 0.909. The molecule has 0 radical (unpaired) electrons. The SMILES string of the molecule is CCOC(CC(=O)C(C)(OC)OC)OCC. The molecule has 16 heavy (non-hydrogen) atoms. The van der Waals surface area contributed by atoms with Crippen molar-refractivity contribution in [3.05, 3.63) is 0 Å². The lowest BCUT2D eigenvalue weighted by Crippen LogP contribution is -2.41. The van der Waals surface area contributed by atoms with Gasteiger partial charge in [0.15, 0.2) is 12.1 Å². The third-order valence-electron chi connectivity index (χ3n) is 2.34. The van der Waals surface area contributed by atoms with Gasteiger partial charge in [0.25, 0.3) is 0 Å². The van der Waals surface area contributed by atoms with Crippen LogP contribution in [-0.2, 0) is 23.7 Å². The maximum absolute atomic E-state index is 11.9. The summed E-state index contributed by atoms with van der Waals surface area (Å²) in [6.45, 7) is 6.26. The van der Waals surface area contributed by atoms with Crippen molar-refractivity contribution >= 4 is 5.78 Å². The molecule has 0 fully saturated rings. The monoisotopic (exact) mass is 234 g/mol. The zero-order valence-corrected chi connectivity index (χ0v) is 10.7. The van der Waals surface area contributed by atoms with Crippen LogP contribution in [0.1, 0.15) is 27.2 Å². The summed E-state index contributed by atoms with van der Waals surface area (Å²) in [7, 11) is 2.86. The first-order chi connectivity index (χ1) is 7.53. The Bertz CT molecular complexity index is 195. The zero-order chi connectivity index (χ0) is 12.6. The van der Waals surface area contributed by atoms with Crippen molar-refractivity contribution < 1.29 is 23.7 Å². The van der Waals surface area contributed by atoms with E-state index in [4.69, 9.17) is 18.9 Å². The number of Topliss-reactive ketones (excluding diaryl/α,β-unsaturated/α-hetero) is 1. The molecule has 0 N–H and O–H groups in total.